The molecule has 0 radical (unpaired) electrons. The summed E-state index contributed by atoms with van der Waals surface area (Å²) in [6.07, 6.45) is 56.0. The van der Waals surface area contributed by atoms with E-state index in [0.29, 0.717) is 12.8 Å². The van der Waals surface area contributed by atoms with Crippen LogP contribution in [-0.4, -0.2) is 34.9 Å². The first kappa shape index (κ1) is 43.0. The third-order valence-corrected chi connectivity index (χ3v) is 7.23. The molecule has 4 heteroatoms. The number of aliphatic hydroxyl groups is 2. The molecule has 0 aromatic carbocycles. The average molecular weight is 634 g/mol. The SMILES string of the molecule is CC/C=C\C/C=C\C/C=C\C/C=C\C/C=C\C/C=C\CCC(=O)NC(CO)C(O)/C=C/CC/C=C/CC/C=C/CCCCCCC. The molecule has 0 saturated heterocycles. The Morgan fingerprint density at radius 3 is 1.48 bits per heavy atom. The van der Waals surface area contributed by atoms with Crippen LogP contribution in [0.15, 0.2) is 109 Å². The van der Waals surface area contributed by atoms with Crippen LogP contribution in [0.4, 0.5) is 0 Å². The first-order chi connectivity index (χ1) is 22.7. The van der Waals surface area contributed by atoms with Crippen molar-refractivity contribution < 1.29 is 15.0 Å². The summed E-state index contributed by atoms with van der Waals surface area (Å²) in [4.78, 5) is 12.3. The van der Waals surface area contributed by atoms with Gasteiger partial charge >= 0.3 is 0 Å². The lowest BCUT2D eigenvalue weighted by Crippen LogP contribution is -2.45. The predicted octanol–water partition coefficient (Wildman–Crippen LogP) is 10.9. The van der Waals surface area contributed by atoms with Gasteiger partial charge in [0.1, 0.15) is 0 Å². The first-order valence-electron chi connectivity index (χ1n) is 18.1. The number of carbonyl (C=O) groups excluding carboxylic acids is 1. The molecule has 0 bridgehead atoms. The molecule has 0 rings (SSSR count). The maximum Gasteiger partial charge on any atom is 0.220 e. The van der Waals surface area contributed by atoms with Crippen LogP contribution in [-0.2, 0) is 4.79 Å². The smallest absolute Gasteiger partial charge is 0.220 e. The molecule has 0 aliphatic carbocycles. The molecule has 0 spiro atoms. The Balaban J connectivity index is 3.91. The second-order valence-corrected chi connectivity index (χ2v) is 11.5. The molecule has 0 fully saturated rings. The standard InChI is InChI=1S/C42H67NO3/c1-3-5-7-9-11-13-15-17-19-20-21-22-24-26-28-30-32-34-36-38-42(46)43-40(39-44)41(45)37-35-33-31-29-27-25-23-18-16-14-12-10-8-6-4-2/h5,7,11,13,16-19,21-22,26-29,32,34-35,37,40-41,44-45H,3-4,6,8-10,12,14-15,20,23-25,30-31,33,36,38-39H2,1-2H3,(H,43,46)/b7-5-,13-11-,18-16+,19-17-,22-21-,28-26-,29-27+,34-32-,37-35+. The molecule has 2 unspecified atom stereocenters. The van der Waals surface area contributed by atoms with Crippen molar-refractivity contribution in [2.45, 2.75) is 142 Å². The van der Waals surface area contributed by atoms with Crippen LogP contribution in [0, 0.1) is 0 Å². The summed E-state index contributed by atoms with van der Waals surface area (Å²) < 4.78 is 0. The monoisotopic (exact) mass is 634 g/mol. The fourth-order valence-corrected chi connectivity index (χ4v) is 4.46. The van der Waals surface area contributed by atoms with E-state index in [9.17, 15) is 15.0 Å². The molecule has 3 N–H and O–H groups in total. The van der Waals surface area contributed by atoms with Gasteiger partial charge in [-0.05, 0) is 83.5 Å². The zero-order valence-electron chi connectivity index (χ0n) is 29.3. The Morgan fingerprint density at radius 1 is 0.543 bits per heavy atom. The maximum absolute atomic E-state index is 12.3. The topological polar surface area (TPSA) is 69.6 Å². The van der Waals surface area contributed by atoms with Crippen LogP contribution in [0.3, 0.4) is 0 Å². The molecule has 258 valence electrons. The van der Waals surface area contributed by atoms with E-state index in [2.05, 4.69) is 110 Å². The third kappa shape index (κ3) is 32.4. The maximum atomic E-state index is 12.3. The van der Waals surface area contributed by atoms with Crippen molar-refractivity contribution >= 4 is 5.91 Å². The largest absolute Gasteiger partial charge is 0.394 e. The van der Waals surface area contributed by atoms with Gasteiger partial charge in [-0.1, -0.05) is 149 Å². The van der Waals surface area contributed by atoms with Gasteiger partial charge in [0.15, 0.2) is 0 Å². The normalized spacial score (nSPS) is 14.4. The van der Waals surface area contributed by atoms with Crippen LogP contribution in [0.1, 0.15) is 129 Å². The minimum absolute atomic E-state index is 0.167. The summed E-state index contributed by atoms with van der Waals surface area (Å²) >= 11 is 0. The van der Waals surface area contributed by atoms with Crippen molar-refractivity contribution in [1.82, 2.24) is 5.32 Å². The summed E-state index contributed by atoms with van der Waals surface area (Å²) in [5, 5.41) is 22.8. The lowest BCUT2D eigenvalue weighted by atomic mass is 10.1. The molecular formula is C42H67NO3. The lowest BCUT2D eigenvalue weighted by Gasteiger charge is -2.19. The van der Waals surface area contributed by atoms with Crippen molar-refractivity contribution in [3.63, 3.8) is 0 Å². The minimum atomic E-state index is -0.907. The number of unbranched alkanes of at least 4 members (excludes halogenated alkanes) is 7. The Kier molecular flexibility index (Phi) is 34.2. The van der Waals surface area contributed by atoms with Crippen molar-refractivity contribution in [3.05, 3.63) is 109 Å². The summed E-state index contributed by atoms with van der Waals surface area (Å²) in [6.45, 7) is 4.10. The molecule has 0 aliphatic rings. The van der Waals surface area contributed by atoms with E-state index in [4.69, 9.17) is 0 Å². The highest BCUT2D eigenvalue weighted by Gasteiger charge is 2.17. The number of rotatable bonds is 30. The highest BCUT2D eigenvalue weighted by atomic mass is 16.3. The quantitative estimate of drug-likeness (QED) is 0.0544. The highest BCUT2D eigenvalue weighted by molar-refractivity contribution is 5.76. The van der Waals surface area contributed by atoms with Crippen LogP contribution < -0.4 is 5.32 Å². The van der Waals surface area contributed by atoms with Gasteiger partial charge in [0, 0.05) is 6.42 Å². The van der Waals surface area contributed by atoms with E-state index in [1.807, 2.05) is 12.2 Å². The van der Waals surface area contributed by atoms with E-state index in [1.54, 1.807) is 6.08 Å². The predicted molar refractivity (Wildman–Crippen MR) is 202 cm³/mol. The number of aliphatic hydroxyl groups excluding tert-OH is 2. The van der Waals surface area contributed by atoms with Gasteiger partial charge < -0.3 is 15.5 Å². The van der Waals surface area contributed by atoms with E-state index < -0.39 is 12.1 Å². The van der Waals surface area contributed by atoms with Gasteiger partial charge in [-0.3, -0.25) is 4.79 Å². The molecule has 0 aliphatic heterocycles. The zero-order chi connectivity index (χ0) is 33.6. The van der Waals surface area contributed by atoms with E-state index in [0.717, 1.165) is 64.2 Å². The molecule has 0 heterocycles. The molecule has 1 amide bonds. The van der Waals surface area contributed by atoms with Crippen molar-refractivity contribution in [1.29, 1.82) is 0 Å². The van der Waals surface area contributed by atoms with Gasteiger partial charge in [0.25, 0.3) is 0 Å². The molecular weight excluding hydrogens is 566 g/mol. The molecule has 0 aromatic heterocycles. The number of allylic oxidation sites excluding steroid dienone is 17. The van der Waals surface area contributed by atoms with Gasteiger partial charge in [0.05, 0.1) is 18.8 Å². The second kappa shape index (κ2) is 36.5. The number of hydrogen-bond donors (Lipinski definition) is 3. The van der Waals surface area contributed by atoms with Crippen LogP contribution >= 0.6 is 0 Å². The van der Waals surface area contributed by atoms with Gasteiger partial charge in [-0.15, -0.1) is 0 Å². The Labute approximate surface area is 283 Å². The third-order valence-electron chi connectivity index (χ3n) is 7.23. The van der Waals surface area contributed by atoms with Crippen molar-refractivity contribution in [3.8, 4) is 0 Å². The molecule has 46 heavy (non-hydrogen) atoms. The fourth-order valence-electron chi connectivity index (χ4n) is 4.46. The number of hydrogen-bond acceptors (Lipinski definition) is 3. The van der Waals surface area contributed by atoms with Gasteiger partial charge in [0.2, 0.25) is 5.91 Å². The van der Waals surface area contributed by atoms with Crippen molar-refractivity contribution in [2.75, 3.05) is 6.61 Å². The average Bonchev–Trinajstić information content (AvgIpc) is 3.06. The van der Waals surface area contributed by atoms with Gasteiger partial charge in [-0.25, -0.2) is 0 Å². The zero-order valence-corrected chi connectivity index (χ0v) is 29.3. The Hall–Kier alpha value is -2.95. The summed E-state index contributed by atoms with van der Waals surface area (Å²) in [5.41, 5.74) is 0. The van der Waals surface area contributed by atoms with Crippen LogP contribution in [0.5, 0.6) is 0 Å². The lowest BCUT2D eigenvalue weighted by molar-refractivity contribution is -0.122. The molecule has 0 aromatic rings. The van der Waals surface area contributed by atoms with Gasteiger partial charge in [-0.2, -0.15) is 0 Å². The van der Waals surface area contributed by atoms with E-state index in [1.165, 1.54) is 38.5 Å². The number of nitrogens with one attached hydrogen (secondary N) is 1. The van der Waals surface area contributed by atoms with E-state index >= 15 is 0 Å². The summed E-state index contributed by atoms with van der Waals surface area (Å²) in [7, 11) is 0. The first-order valence-corrected chi connectivity index (χ1v) is 18.1. The van der Waals surface area contributed by atoms with Crippen LogP contribution in [0.2, 0.25) is 0 Å². The van der Waals surface area contributed by atoms with E-state index in [-0.39, 0.29) is 12.5 Å². The highest BCUT2D eigenvalue weighted by Crippen LogP contribution is 2.07. The number of amides is 1. The molecule has 4 nitrogen and oxygen atoms in total. The minimum Gasteiger partial charge on any atom is -0.394 e. The number of carbonyl (C=O) groups is 1. The Morgan fingerprint density at radius 2 is 0.978 bits per heavy atom. The molecule has 2 atom stereocenters. The summed E-state index contributed by atoms with van der Waals surface area (Å²) in [6, 6.07) is -0.692. The Bertz CT molecular complexity index is 948. The summed E-state index contributed by atoms with van der Waals surface area (Å²) in [5.74, 6) is -0.167. The van der Waals surface area contributed by atoms with Crippen molar-refractivity contribution in [2.24, 2.45) is 0 Å². The van der Waals surface area contributed by atoms with Crippen LogP contribution in [0.25, 0.3) is 0 Å². The molecule has 0 saturated carbocycles. The second-order valence-electron chi connectivity index (χ2n) is 11.5. The fraction of sp³-hybridized carbons (Fsp3) is 0.548.